The number of rotatable bonds is 1. The van der Waals surface area contributed by atoms with Gasteiger partial charge in [-0.3, -0.25) is 0 Å². The van der Waals surface area contributed by atoms with Gasteiger partial charge in [0.2, 0.25) is 0 Å². The molecule has 1 heterocycles. The second-order valence-corrected chi connectivity index (χ2v) is 5.76. The number of hydrogen-bond donors (Lipinski definition) is 0. The van der Waals surface area contributed by atoms with E-state index >= 15 is 0 Å². The average molecular weight is 266 g/mol. The lowest BCUT2D eigenvalue weighted by molar-refractivity contribution is 0.147. The molecule has 0 saturated carbocycles. The minimum atomic E-state index is -2.41. The standard InChI is InChI=1S/C13H8F2S2/c14-13(15)8-4-3-7-11-12(8)17-10-6-2-1-5-9(10)16-11/h1-7,13H. The number of halogens is 2. The maximum Gasteiger partial charge on any atom is 0.264 e. The summed E-state index contributed by atoms with van der Waals surface area (Å²) in [5.74, 6) is 0. The number of benzene rings is 2. The number of fused-ring (bicyclic) bond motifs is 2. The Bertz CT molecular complexity index is 567. The molecule has 17 heavy (non-hydrogen) atoms. The van der Waals surface area contributed by atoms with Gasteiger partial charge in [-0.15, -0.1) is 0 Å². The van der Waals surface area contributed by atoms with Crippen LogP contribution in [0.15, 0.2) is 62.0 Å². The van der Waals surface area contributed by atoms with Crippen molar-refractivity contribution in [2.24, 2.45) is 0 Å². The summed E-state index contributed by atoms with van der Waals surface area (Å²) in [5.41, 5.74) is 0.134. The summed E-state index contributed by atoms with van der Waals surface area (Å²) in [6, 6.07) is 13.0. The van der Waals surface area contributed by atoms with E-state index < -0.39 is 6.43 Å². The highest BCUT2D eigenvalue weighted by atomic mass is 32.2. The lowest BCUT2D eigenvalue weighted by Crippen LogP contribution is -1.95. The van der Waals surface area contributed by atoms with E-state index in [9.17, 15) is 8.78 Å². The monoisotopic (exact) mass is 266 g/mol. The van der Waals surface area contributed by atoms with Gasteiger partial charge in [-0.1, -0.05) is 47.8 Å². The zero-order chi connectivity index (χ0) is 11.8. The van der Waals surface area contributed by atoms with Crippen LogP contribution < -0.4 is 0 Å². The summed E-state index contributed by atoms with van der Waals surface area (Å²) < 4.78 is 25.8. The Kier molecular flexibility index (Phi) is 2.84. The molecule has 0 aliphatic carbocycles. The third-order valence-corrected chi connectivity index (χ3v) is 5.16. The van der Waals surface area contributed by atoms with Crippen molar-refractivity contribution in [2.75, 3.05) is 0 Å². The third kappa shape index (κ3) is 1.96. The molecule has 0 aromatic heterocycles. The Hall–Kier alpha value is -1.00. The Morgan fingerprint density at radius 3 is 2.12 bits per heavy atom. The third-order valence-electron chi connectivity index (χ3n) is 2.53. The molecular formula is C13H8F2S2. The first kappa shape index (κ1) is 11.1. The molecule has 0 spiro atoms. The normalized spacial score (nSPS) is 13.4. The second-order valence-electron chi connectivity index (χ2n) is 3.63. The summed E-state index contributed by atoms with van der Waals surface area (Å²) in [4.78, 5) is 3.81. The summed E-state index contributed by atoms with van der Waals surface area (Å²) in [6.07, 6.45) is -2.41. The molecule has 0 amide bonds. The van der Waals surface area contributed by atoms with Crippen LogP contribution in [-0.2, 0) is 0 Å². The molecule has 0 radical (unpaired) electrons. The molecule has 0 nitrogen and oxygen atoms in total. The van der Waals surface area contributed by atoms with Crippen LogP contribution in [0.1, 0.15) is 12.0 Å². The largest absolute Gasteiger partial charge is 0.264 e. The smallest absolute Gasteiger partial charge is 0.205 e. The highest BCUT2D eigenvalue weighted by Crippen LogP contribution is 2.50. The van der Waals surface area contributed by atoms with Gasteiger partial charge >= 0.3 is 0 Å². The lowest BCUT2D eigenvalue weighted by atomic mass is 10.2. The van der Waals surface area contributed by atoms with Crippen molar-refractivity contribution >= 4 is 23.5 Å². The predicted molar refractivity (Wildman–Crippen MR) is 66.1 cm³/mol. The SMILES string of the molecule is FC(F)c1cccc2c1Sc1ccccc1S2. The molecular weight excluding hydrogens is 258 g/mol. The Labute approximate surface area is 106 Å². The van der Waals surface area contributed by atoms with Crippen LogP contribution >= 0.6 is 23.5 Å². The highest BCUT2D eigenvalue weighted by molar-refractivity contribution is 8.05. The van der Waals surface area contributed by atoms with Gasteiger partial charge in [-0.25, -0.2) is 8.78 Å². The zero-order valence-corrected chi connectivity index (χ0v) is 10.3. The molecule has 0 saturated heterocycles. The van der Waals surface area contributed by atoms with Crippen LogP contribution in [0.5, 0.6) is 0 Å². The van der Waals surface area contributed by atoms with Gasteiger partial charge in [0, 0.05) is 25.1 Å². The van der Waals surface area contributed by atoms with Gasteiger partial charge in [0.15, 0.2) is 0 Å². The van der Waals surface area contributed by atoms with Crippen LogP contribution in [0.25, 0.3) is 0 Å². The fourth-order valence-electron chi connectivity index (χ4n) is 1.74. The quantitative estimate of drug-likeness (QED) is 0.590. The first-order chi connectivity index (χ1) is 8.25. The molecule has 0 bridgehead atoms. The second kappa shape index (κ2) is 4.35. The summed E-state index contributed by atoms with van der Waals surface area (Å²) in [6.45, 7) is 0. The summed E-state index contributed by atoms with van der Waals surface area (Å²) in [5, 5.41) is 0. The van der Waals surface area contributed by atoms with E-state index in [1.165, 1.54) is 17.8 Å². The maximum absolute atomic E-state index is 12.9. The molecule has 3 rings (SSSR count). The number of hydrogen-bond acceptors (Lipinski definition) is 2. The van der Waals surface area contributed by atoms with E-state index in [4.69, 9.17) is 0 Å². The van der Waals surface area contributed by atoms with Gasteiger partial charge in [-0.05, 0) is 18.2 Å². The molecule has 2 aromatic carbocycles. The van der Waals surface area contributed by atoms with Gasteiger partial charge in [0.25, 0.3) is 6.43 Å². The van der Waals surface area contributed by atoms with Crippen molar-refractivity contribution in [1.82, 2.24) is 0 Å². The van der Waals surface area contributed by atoms with Crippen molar-refractivity contribution in [2.45, 2.75) is 26.0 Å². The highest BCUT2D eigenvalue weighted by Gasteiger charge is 2.22. The fourth-order valence-corrected chi connectivity index (χ4v) is 4.13. The fraction of sp³-hybridized carbons (Fsp3) is 0.0769. The van der Waals surface area contributed by atoms with E-state index in [2.05, 4.69) is 0 Å². The van der Waals surface area contributed by atoms with Crippen LogP contribution in [0.3, 0.4) is 0 Å². The first-order valence-electron chi connectivity index (χ1n) is 5.11. The molecule has 2 aromatic rings. The Balaban J connectivity index is 2.12. The summed E-state index contributed by atoms with van der Waals surface area (Å²) >= 11 is 3.00. The molecule has 1 aliphatic heterocycles. The topological polar surface area (TPSA) is 0 Å². The molecule has 0 unspecified atom stereocenters. The van der Waals surface area contributed by atoms with E-state index in [1.54, 1.807) is 17.8 Å². The molecule has 4 heteroatoms. The van der Waals surface area contributed by atoms with Crippen LogP contribution in [-0.4, -0.2) is 0 Å². The minimum Gasteiger partial charge on any atom is -0.205 e. The first-order valence-corrected chi connectivity index (χ1v) is 6.75. The van der Waals surface area contributed by atoms with E-state index in [0.29, 0.717) is 4.90 Å². The van der Waals surface area contributed by atoms with Gasteiger partial charge in [0.05, 0.1) is 0 Å². The van der Waals surface area contributed by atoms with E-state index in [0.717, 1.165) is 14.7 Å². The van der Waals surface area contributed by atoms with Crippen molar-refractivity contribution in [3.05, 3.63) is 48.0 Å². The van der Waals surface area contributed by atoms with E-state index in [-0.39, 0.29) is 5.56 Å². The van der Waals surface area contributed by atoms with Crippen molar-refractivity contribution < 1.29 is 8.78 Å². The Morgan fingerprint density at radius 1 is 0.765 bits per heavy atom. The Morgan fingerprint density at radius 2 is 1.41 bits per heavy atom. The van der Waals surface area contributed by atoms with Crippen molar-refractivity contribution in [1.29, 1.82) is 0 Å². The minimum absolute atomic E-state index is 0.134. The van der Waals surface area contributed by atoms with Crippen LogP contribution in [0.4, 0.5) is 8.78 Å². The van der Waals surface area contributed by atoms with Gasteiger partial charge in [0.1, 0.15) is 0 Å². The summed E-state index contributed by atoms with van der Waals surface area (Å²) in [7, 11) is 0. The lowest BCUT2D eigenvalue weighted by Gasteiger charge is -2.20. The maximum atomic E-state index is 12.9. The molecule has 0 atom stereocenters. The van der Waals surface area contributed by atoms with Crippen LogP contribution in [0, 0.1) is 0 Å². The average Bonchev–Trinajstić information content (AvgIpc) is 2.35. The zero-order valence-electron chi connectivity index (χ0n) is 8.69. The van der Waals surface area contributed by atoms with E-state index in [1.807, 2.05) is 30.3 Å². The number of alkyl halides is 2. The van der Waals surface area contributed by atoms with Crippen molar-refractivity contribution in [3.8, 4) is 0 Å². The molecule has 0 fully saturated rings. The van der Waals surface area contributed by atoms with Crippen molar-refractivity contribution in [3.63, 3.8) is 0 Å². The van der Waals surface area contributed by atoms with Gasteiger partial charge < -0.3 is 0 Å². The molecule has 0 N–H and O–H groups in total. The predicted octanol–water partition coefficient (Wildman–Crippen LogP) is 5.24. The molecule has 86 valence electrons. The molecule has 1 aliphatic rings. The van der Waals surface area contributed by atoms with Gasteiger partial charge in [-0.2, -0.15) is 0 Å². The van der Waals surface area contributed by atoms with Crippen LogP contribution in [0.2, 0.25) is 0 Å².